The lowest BCUT2D eigenvalue weighted by Crippen LogP contribution is -2.17. The van der Waals surface area contributed by atoms with E-state index in [0.717, 1.165) is 24.3 Å². The van der Waals surface area contributed by atoms with E-state index in [1.807, 2.05) is 0 Å². The summed E-state index contributed by atoms with van der Waals surface area (Å²) in [6.07, 6.45) is -3.47. The Morgan fingerprint density at radius 1 is 1.12 bits per heavy atom. The molecule has 1 heterocycles. The Morgan fingerprint density at radius 3 is 2.42 bits per heavy atom. The van der Waals surface area contributed by atoms with E-state index < -0.39 is 22.1 Å². The van der Waals surface area contributed by atoms with Gasteiger partial charge >= 0.3 is 6.36 Å². The van der Waals surface area contributed by atoms with E-state index in [-0.39, 0.29) is 10.6 Å². The van der Waals surface area contributed by atoms with Gasteiger partial charge in [-0.25, -0.2) is 13.4 Å². The number of hydrogen-bond acceptors (Lipinski definition) is 5. The van der Waals surface area contributed by atoms with E-state index in [9.17, 15) is 21.6 Å². The smallest absolute Gasteiger partial charge is 0.494 e. The molecule has 0 radical (unpaired) electrons. The minimum atomic E-state index is -4.85. The maximum absolute atomic E-state index is 12.5. The zero-order valence-electron chi connectivity index (χ0n) is 13.2. The third-order valence-corrected chi connectivity index (χ3v) is 4.76. The molecule has 0 aliphatic heterocycles. The lowest BCUT2D eigenvalue weighted by atomic mass is 10.2. The first-order valence-electron chi connectivity index (χ1n) is 7.08. The Hall–Kier alpha value is -2.95. The normalized spacial score (nSPS) is 12.2. The maximum Gasteiger partial charge on any atom is 0.573 e. The highest BCUT2D eigenvalue weighted by Gasteiger charge is 2.31. The third kappa shape index (κ3) is 3.67. The number of methoxy groups -OCH3 is 1. The van der Waals surface area contributed by atoms with E-state index in [1.165, 1.54) is 19.5 Å². The first-order valence-corrected chi connectivity index (χ1v) is 8.56. The highest BCUT2D eigenvalue weighted by Crippen LogP contribution is 2.30. The molecule has 0 amide bonds. The fourth-order valence-corrected chi connectivity index (χ4v) is 3.35. The second-order valence-corrected chi connectivity index (χ2v) is 6.75. The predicted molar refractivity (Wildman–Crippen MR) is 86.6 cm³/mol. The average molecular weight is 387 g/mol. The molecule has 0 aliphatic carbocycles. The zero-order valence-corrected chi connectivity index (χ0v) is 14.0. The number of rotatable bonds is 5. The second-order valence-electron chi connectivity index (χ2n) is 5.07. The maximum atomic E-state index is 12.5. The monoisotopic (exact) mass is 387 g/mol. The molecule has 2 N–H and O–H groups in total. The highest BCUT2D eigenvalue weighted by atomic mass is 32.2. The number of aromatic amines is 1. The molecular weight excluding hydrogens is 375 g/mol. The van der Waals surface area contributed by atoms with Crippen LogP contribution in [0.1, 0.15) is 0 Å². The van der Waals surface area contributed by atoms with Crippen LogP contribution < -0.4 is 14.2 Å². The minimum absolute atomic E-state index is 0.192. The summed E-state index contributed by atoms with van der Waals surface area (Å²) in [5.74, 6) is -0.0373. The van der Waals surface area contributed by atoms with Crippen molar-refractivity contribution < 1.29 is 31.1 Å². The van der Waals surface area contributed by atoms with Crippen LogP contribution in [0.2, 0.25) is 0 Å². The van der Waals surface area contributed by atoms with Gasteiger partial charge in [-0.1, -0.05) is 0 Å². The molecule has 138 valence electrons. The van der Waals surface area contributed by atoms with Crippen molar-refractivity contribution in [2.45, 2.75) is 11.3 Å². The van der Waals surface area contributed by atoms with Crippen LogP contribution in [0.5, 0.6) is 11.5 Å². The van der Waals surface area contributed by atoms with Crippen LogP contribution in [0, 0.1) is 0 Å². The number of alkyl halides is 3. The van der Waals surface area contributed by atoms with Crippen LogP contribution in [-0.4, -0.2) is 31.9 Å². The summed E-state index contributed by atoms with van der Waals surface area (Å²) < 4.78 is 72.7. The van der Waals surface area contributed by atoms with Crippen LogP contribution in [-0.2, 0) is 10.0 Å². The summed E-state index contributed by atoms with van der Waals surface area (Å²) in [7, 11) is -2.58. The SMILES string of the molecule is COc1ccc(NS(=O)(=O)c2ccc(OC(F)(F)F)cc2)c2nc[nH]c12. The van der Waals surface area contributed by atoms with Gasteiger partial charge in [0.25, 0.3) is 10.0 Å². The molecule has 0 saturated heterocycles. The Bertz CT molecular complexity index is 1030. The predicted octanol–water partition coefficient (Wildman–Crippen LogP) is 3.27. The minimum Gasteiger partial charge on any atom is -0.494 e. The van der Waals surface area contributed by atoms with Crippen molar-refractivity contribution in [3.63, 3.8) is 0 Å². The molecule has 7 nitrogen and oxygen atoms in total. The Kier molecular flexibility index (Phi) is 4.40. The number of imidazole rings is 1. The van der Waals surface area contributed by atoms with E-state index in [1.54, 1.807) is 6.07 Å². The largest absolute Gasteiger partial charge is 0.573 e. The summed E-state index contributed by atoms with van der Waals surface area (Å²) in [5.41, 5.74) is 1.03. The number of H-pyrrole nitrogens is 1. The molecule has 3 rings (SSSR count). The summed E-state index contributed by atoms with van der Waals surface area (Å²) in [5, 5.41) is 0. The molecular formula is C15H12F3N3O4S. The number of anilines is 1. The molecule has 1 aromatic heterocycles. The molecule has 0 atom stereocenters. The number of ether oxygens (including phenoxy) is 2. The van der Waals surface area contributed by atoms with Gasteiger partial charge in [0, 0.05) is 0 Å². The fourth-order valence-electron chi connectivity index (χ4n) is 2.28. The first-order chi connectivity index (χ1) is 12.2. The molecule has 11 heteroatoms. The molecule has 0 fully saturated rings. The van der Waals surface area contributed by atoms with Crippen LogP contribution in [0.4, 0.5) is 18.9 Å². The standard InChI is InChI=1S/C15H12F3N3O4S/c1-24-12-7-6-11(13-14(12)20-8-19-13)21-26(22,23)10-4-2-9(3-5-10)25-15(16,17)18/h2-8,21H,1H3,(H,19,20). The van der Waals surface area contributed by atoms with Crippen molar-refractivity contribution >= 4 is 26.7 Å². The molecule has 3 aromatic rings. The Labute approximate surface area is 145 Å². The van der Waals surface area contributed by atoms with Gasteiger partial charge < -0.3 is 14.5 Å². The van der Waals surface area contributed by atoms with Crippen LogP contribution in [0.3, 0.4) is 0 Å². The Morgan fingerprint density at radius 2 is 1.81 bits per heavy atom. The van der Waals surface area contributed by atoms with Gasteiger partial charge in [-0.3, -0.25) is 4.72 Å². The first kappa shape index (κ1) is 17.9. The van der Waals surface area contributed by atoms with E-state index in [4.69, 9.17) is 4.74 Å². The lowest BCUT2D eigenvalue weighted by molar-refractivity contribution is -0.274. The molecule has 0 unspecified atom stereocenters. The summed E-state index contributed by atoms with van der Waals surface area (Å²) >= 11 is 0. The van der Waals surface area contributed by atoms with Gasteiger partial charge in [0.1, 0.15) is 22.5 Å². The van der Waals surface area contributed by atoms with Crippen molar-refractivity contribution in [1.29, 1.82) is 0 Å². The number of hydrogen-bond donors (Lipinski definition) is 2. The van der Waals surface area contributed by atoms with Crippen molar-refractivity contribution in [3.05, 3.63) is 42.7 Å². The summed E-state index contributed by atoms with van der Waals surface area (Å²) in [6.45, 7) is 0. The van der Waals surface area contributed by atoms with E-state index in [0.29, 0.717) is 16.8 Å². The Balaban J connectivity index is 1.89. The van der Waals surface area contributed by atoms with E-state index in [2.05, 4.69) is 19.4 Å². The zero-order chi connectivity index (χ0) is 18.9. The van der Waals surface area contributed by atoms with Crippen molar-refractivity contribution in [3.8, 4) is 11.5 Å². The van der Waals surface area contributed by atoms with Gasteiger partial charge in [0.05, 0.1) is 24.0 Å². The average Bonchev–Trinajstić information content (AvgIpc) is 3.04. The van der Waals surface area contributed by atoms with Crippen molar-refractivity contribution in [2.24, 2.45) is 0 Å². The number of sulfonamides is 1. The second kappa shape index (κ2) is 6.41. The van der Waals surface area contributed by atoms with Crippen LogP contribution >= 0.6 is 0 Å². The third-order valence-electron chi connectivity index (χ3n) is 3.37. The van der Waals surface area contributed by atoms with Crippen LogP contribution in [0.25, 0.3) is 11.0 Å². The summed E-state index contributed by atoms with van der Waals surface area (Å²) in [6, 6.07) is 6.88. The highest BCUT2D eigenvalue weighted by molar-refractivity contribution is 7.92. The topological polar surface area (TPSA) is 93.3 Å². The quantitative estimate of drug-likeness (QED) is 0.701. The molecule has 0 saturated carbocycles. The fraction of sp³-hybridized carbons (Fsp3) is 0.133. The van der Waals surface area contributed by atoms with Gasteiger partial charge in [0.2, 0.25) is 0 Å². The number of nitrogens with one attached hydrogen (secondary N) is 2. The molecule has 2 aromatic carbocycles. The number of aromatic nitrogens is 2. The lowest BCUT2D eigenvalue weighted by Gasteiger charge is -2.11. The molecule has 26 heavy (non-hydrogen) atoms. The van der Waals surface area contributed by atoms with E-state index >= 15 is 0 Å². The number of fused-ring (bicyclic) bond motifs is 1. The van der Waals surface area contributed by atoms with Crippen molar-refractivity contribution in [2.75, 3.05) is 11.8 Å². The van der Waals surface area contributed by atoms with Gasteiger partial charge in [-0.15, -0.1) is 13.2 Å². The summed E-state index contributed by atoms with van der Waals surface area (Å²) in [4.78, 5) is 6.66. The van der Waals surface area contributed by atoms with Gasteiger partial charge in [0.15, 0.2) is 0 Å². The van der Waals surface area contributed by atoms with Gasteiger partial charge in [-0.2, -0.15) is 0 Å². The molecule has 0 aliphatic rings. The van der Waals surface area contributed by atoms with Gasteiger partial charge in [-0.05, 0) is 36.4 Å². The molecule has 0 bridgehead atoms. The molecule has 0 spiro atoms. The van der Waals surface area contributed by atoms with Crippen molar-refractivity contribution in [1.82, 2.24) is 9.97 Å². The number of benzene rings is 2. The van der Waals surface area contributed by atoms with Crippen LogP contribution in [0.15, 0.2) is 47.6 Å². The number of nitrogens with zero attached hydrogens (tertiary/aromatic N) is 1. The number of halogens is 3.